The second-order valence-corrected chi connectivity index (χ2v) is 6.43. The van der Waals surface area contributed by atoms with Gasteiger partial charge in [-0.2, -0.15) is 0 Å². The van der Waals surface area contributed by atoms with Gasteiger partial charge < -0.3 is 15.5 Å². The van der Waals surface area contributed by atoms with Gasteiger partial charge in [0.05, 0.1) is 5.88 Å². The molecule has 1 fully saturated rings. The summed E-state index contributed by atoms with van der Waals surface area (Å²) in [4.78, 5) is 25.9. The van der Waals surface area contributed by atoms with E-state index in [9.17, 15) is 9.59 Å². The standard InChI is InChI=1S/C12H23N3O2S.ClH/c1-12(2,3)11(17)15-8-18-7-9(15)10(16)14-6-5-13-4;/h9,13H,5-8H2,1-4H3,(H,14,16);1H. The average Bonchev–Trinajstić information content (AvgIpc) is 2.75. The van der Waals surface area contributed by atoms with Crippen LogP contribution >= 0.6 is 24.2 Å². The van der Waals surface area contributed by atoms with E-state index in [2.05, 4.69) is 10.6 Å². The van der Waals surface area contributed by atoms with Gasteiger partial charge >= 0.3 is 0 Å². The number of halogens is 1. The van der Waals surface area contributed by atoms with Crippen molar-refractivity contribution in [3.8, 4) is 0 Å². The molecule has 7 heteroatoms. The molecule has 1 aliphatic heterocycles. The zero-order valence-electron chi connectivity index (χ0n) is 12.0. The Morgan fingerprint density at radius 3 is 2.47 bits per heavy atom. The first-order valence-electron chi connectivity index (χ1n) is 6.19. The highest BCUT2D eigenvalue weighted by atomic mass is 35.5. The quantitative estimate of drug-likeness (QED) is 0.750. The molecular formula is C12H24ClN3O2S. The van der Waals surface area contributed by atoms with E-state index < -0.39 is 5.41 Å². The molecule has 0 spiro atoms. The topological polar surface area (TPSA) is 61.4 Å². The fraction of sp³-hybridized carbons (Fsp3) is 0.833. The highest BCUT2D eigenvalue weighted by Gasteiger charge is 2.38. The molecule has 2 N–H and O–H groups in total. The molecule has 1 rings (SSSR count). The first-order valence-corrected chi connectivity index (χ1v) is 7.34. The molecule has 19 heavy (non-hydrogen) atoms. The summed E-state index contributed by atoms with van der Waals surface area (Å²) in [6.45, 7) is 6.98. The van der Waals surface area contributed by atoms with Crippen molar-refractivity contribution >= 4 is 36.0 Å². The molecule has 0 aliphatic carbocycles. The van der Waals surface area contributed by atoms with Crippen molar-refractivity contribution in [2.24, 2.45) is 5.41 Å². The number of nitrogens with one attached hydrogen (secondary N) is 2. The molecule has 0 saturated carbocycles. The summed E-state index contributed by atoms with van der Waals surface area (Å²) in [5, 5.41) is 5.82. The Morgan fingerprint density at radius 1 is 1.32 bits per heavy atom. The van der Waals surface area contributed by atoms with Gasteiger partial charge in [-0.3, -0.25) is 9.59 Å². The minimum absolute atomic E-state index is 0. The molecule has 0 aromatic carbocycles. The maximum absolute atomic E-state index is 12.2. The van der Waals surface area contributed by atoms with Gasteiger partial charge in [-0.15, -0.1) is 24.2 Å². The van der Waals surface area contributed by atoms with Crippen molar-refractivity contribution < 1.29 is 9.59 Å². The lowest BCUT2D eigenvalue weighted by atomic mass is 9.94. The van der Waals surface area contributed by atoms with Crippen molar-refractivity contribution in [3.05, 3.63) is 0 Å². The first-order chi connectivity index (χ1) is 8.38. The Bertz CT molecular complexity index is 321. The van der Waals surface area contributed by atoms with Gasteiger partial charge in [-0.25, -0.2) is 0 Å². The summed E-state index contributed by atoms with van der Waals surface area (Å²) >= 11 is 1.63. The van der Waals surface area contributed by atoms with Crippen LogP contribution in [-0.4, -0.2) is 54.5 Å². The van der Waals surface area contributed by atoms with E-state index in [0.717, 1.165) is 6.54 Å². The maximum Gasteiger partial charge on any atom is 0.243 e. The van der Waals surface area contributed by atoms with Crippen LogP contribution in [0, 0.1) is 5.41 Å². The van der Waals surface area contributed by atoms with Crippen LogP contribution in [0.4, 0.5) is 0 Å². The van der Waals surface area contributed by atoms with Crippen molar-refractivity contribution in [1.82, 2.24) is 15.5 Å². The van der Waals surface area contributed by atoms with Gasteiger partial charge in [0.1, 0.15) is 6.04 Å². The van der Waals surface area contributed by atoms with E-state index in [4.69, 9.17) is 0 Å². The van der Waals surface area contributed by atoms with Gasteiger partial charge in [0.15, 0.2) is 0 Å². The molecule has 0 aromatic heterocycles. The van der Waals surface area contributed by atoms with E-state index in [1.165, 1.54) is 0 Å². The number of carbonyl (C=O) groups excluding carboxylic acids is 2. The van der Waals surface area contributed by atoms with Crippen LogP contribution < -0.4 is 10.6 Å². The third-order valence-corrected chi connectivity index (χ3v) is 3.77. The molecule has 1 unspecified atom stereocenters. The van der Waals surface area contributed by atoms with E-state index in [-0.39, 0.29) is 30.3 Å². The molecule has 1 atom stereocenters. The molecule has 0 aromatic rings. The van der Waals surface area contributed by atoms with E-state index in [0.29, 0.717) is 18.2 Å². The fourth-order valence-corrected chi connectivity index (χ4v) is 2.87. The van der Waals surface area contributed by atoms with Crippen LogP contribution in [0.5, 0.6) is 0 Å². The van der Waals surface area contributed by atoms with Crippen molar-refractivity contribution in [1.29, 1.82) is 0 Å². The predicted octanol–water partition coefficient (Wildman–Crippen LogP) is 0.691. The van der Waals surface area contributed by atoms with Crippen LogP contribution in [0.15, 0.2) is 0 Å². The average molecular weight is 310 g/mol. The molecule has 1 heterocycles. The molecule has 0 bridgehead atoms. The van der Waals surface area contributed by atoms with E-state index in [1.807, 2.05) is 27.8 Å². The maximum atomic E-state index is 12.2. The first kappa shape index (κ1) is 18.5. The Balaban J connectivity index is 0.00000324. The number of carbonyl (C=O) groups is 2. The van der Waals surface area contributed by atoms with Crippen molar-refractivity contribution in [2.75, 3.05) is 31.8 Å². The van der Waals surface area contributed by atoms with Crippen LogP contribution in [0.25, 0.3) is 0 Å². The smallest absolute Gasteiger partial charge is 0.243 e. The van der Waals surface area contributed by atoms with Crippen molar-refractivity contribution in [3.63, 3.8) is 0 Å². The molecule has 1 saturated heterocycles. The number of hydrogen-bond donors (Lipinski definition) is 2. The largest absolute Gasteiger partial charge is 0.353 e. The molecular weight excluding hydrogens is 286 g/mol. The van der Waals surface area contributed by atoms with Crippen LogP contribution in [0.3, 0.4) is 0 Å². The van der Waals surface area contributed by atoms with Gasteiger partial charge in [0.25, 0.3) is 0 Å². The minimum Gasteiger partial charge on any atom is -0.353 e. The summed E-state index contributed by atoms with van der Waals surface area (Å²) < 4.78 is 0. The van der Waals surface area contributed by atoms with E-state index in [1.54, 1.807) is 16.7 Å². The summed E-state index contributed by atoms with van der Waals surface area (Å²) in [6, 6.07) is -0.321. The highest BCUT2D eigenvalue weighted by Crippen LogP contribution is 2.27. The second-order valence-electron chi connectivity index (χ2n) is 5.44. The zero-order valence-corrected chi connectivity index (χ0v) is 13.6. The lowest BCUT2D eigenvalue weighted by Gasteiger charge is -2.29. The SMILES string of the molecule is CNCCNC(=O)C1CSCN1C(=O)C(C)(C)C.Cl. The van der Waals surface area contributed by atoms with Crippen LogP contribution in [-0.2, 0) is 9.59 Å². The fourth-order valence-electron chi connectivity index (χ4n) is 1.72. The van der Waals surface area contributed by atoms with Gasteiger partial charge in [-0.1, -0.05) is 20.8 Å². The van der Waals surface area contributed by atoms with Gasteiger partial charge in [0.2, 0.25) is 11.8 Å². The van der Waals surface area contributed by atoms with E-state index >= 15 is 0 Å². The molecule has 0 radical (unpaired) electrons. The molecule has 5 nitrogen and oxygen atoms in total. The third kappa shape index (κ3) is 5.20. The summed E-state index contributed by atoms with van der Waals surface area (Å²) in [5.41, 5.74) is -0.436. The predicted molar refractivity (Wildman–Crippen MR) is 81.6 cm³/mol. The summed E-state index contributed by atoms with van der Waals surface area (Å²) in [7, 11) is 1.84. The number of thioether (sulfide) groups is 1. The molecule has 112 valence electrons. The Kier molecular flexibility index (Phi) is 7.78. The number of rotatable bonds is 4. The lowest BCUT2D eigenvalue weighted by molar-refractivity contribution is -0.144. The number of amides is 2. The zero-order chi connectivity index (χ0) is 13.8. The normalized spacial score (nSPS) is 18.9. The summed E-state index contributed by atoms with van der Waals surface area (Å²) in [5.74, 6) is 1.29. The number of nitrogens with zero attached hydrogens (tertiary/aromatic N) is 1. The third-order valence-electron chi connectivity index (χ3n) is 2.76. The van der Waals surface area contributed by atoms with Gasteiger partial charge in [-0.05, 0) is 7.05 Å². The van der Waals surface area contributed by atoms with Crippen LogP contribution in [0.1, 0.15) is 20.8 Å². The van der Waals surface area contributed by atoms with Gasteiger partial charge in [0, 0.05) is 24.3 Å². The number of hydrogen-bond acceptors (Lipinski definition) is 4. The highest BCUT2D eigenvalue weighted by molar-refractivity contribution is 7.99. The Hall–Kier alpha value is -0.460. The Morgan fingerprint density at radius 2 is 1.95 bits per heavy atom. The lowest BCUT2D eigenvalue weighted by Crippen LogP contribution is -2.51. The minimum atomic E-state index is -0.436. The number of likely N-dealkylation sites (N-methyl/N-ethyl adjacent to an activating group) is 1. The second kappa shape index (κ2) is 7.97. The summed E-state index contributed by atoms with van der Waals surface area (Å²) in [6.07, 6.45) is 0. The molecule has 1 aliphatic rings. The Labute approximate surface area is 125 Å². The van der Waals surface area contributed by atoms with Crippen molar-refractivity contribution in [2.45, 2.75) is 26.8 Å². The molecule has 2 amide bonds. The monoisotopic (exact) mass is 309 g/mol. The van der Waals surface area contributed by atoms with Crippen LogP contribution in [0.2, 0.25) is 0 Å².